The first-order chi connectivity index (χ1) is 14.0. The van der Waals surface area contributed by atoms with Crippen LogP contribution >= 0.6 is 15.9 Å². The van der Waals surface area contributed by atoms with Crippen LogP contribution in [-0.4, -0.2) is 50.0 Å². The Morgan fingerprint density at radius 2 is 2.03 bits per heavy atom. The second-order valence-electron chi connectivity index (χ2n) is 7.46. The topological polar surface area (TPSA) is 109 Å². The number of carbonyl (C=O) groups is 1. The quantitative estimate of drug-likeness (QED) is 0.605. The number of anilines is 1. The van der Waals surface area contributed by atoms with Gasteiger partial charge in [0.15, 0.2) is 5.75 Å². The number of aryl methyl sites for hydroxylation is 1. The van der Waals surface area contributed by atoms with Crippen LogP contribution in [0.3, 0.4) is 0 Å². The van der Waals surface area contributed by atoms with Crippen molar-refractivity contribution in [2.45, 2.75) is 26.3 Å². The largest absolute Gasteiger partial charge is 0.421 e. The van der Waals surface area contributed by atoms with Crippen LogP contribution in [0, 0.1) is 11.8 Å². The molecule has 3 aromatic rings. The highest BCUT2D eigenvalue weighted by Gasteiger charge is 2.56. The maximum Gasteiger partial charge on any atom is 0.326 e. The Hall–Kier alpha value is -2.75. The number of aromatic amines is 1. The van der Waals surface area contributed by atoms with Crippen LogP contribution in [-0.2, 0) is 11.2 Å². The number of aromatic nitrogens is 5. The number of carbonyl (C=O) groups excluding carboxylic acids is 1. The molecule has 2 N–H and O–H groups in total. The third-order valence-corrected chi connectivity index (χ3v) is 6.46. The number of hydrogen-bond donors (Lipinski definition) is 2. The van der Waals surface area contributed by atoms with Gasteiger partial charge in [-0.3, -0.25) is 4.79 Å². The molecule has 1 saturated carbocycles. The van der Waals surface area contributed by atoms with E-state index >= 15 is 0 Å². The molecule has 2 fully saturated rings. The predicted octanol–water partition coefficient (Wildman–Crippen LogP) is 2.44. The van der Waals surface area contributed by atoms with Gasteiger partial charge in [-0.2, -0.15) is 9.97 Å². The first-order valence-corrected chi connectivity index (χ1v) is 10.4. The molecule has 1 aliphatic heterocycles. The molecule has 0 aromatic carbocycles. The smallest absolute Gasteiger partial charge is 0.326 e. The van der Waals surface area contributed by atoms with E-state index < -0.39 is 0 Å². The van der Waals surface area contributed by atoms with Crippen molar-refractivity contribution in [3.8, 4) is 11.8 Å². The van der Waals surface area contributed by atoms with Crippen molar-refractivity contribution in [1.82, 2.24) is 30.2 Å². The minimum Gasteiger partial charge on any atom is -0.421 e. The Kier molecular flexibility index (Phi) is 4.38. The number of halogens is 1. The molecule has 1 aliphatic carbocycles. The lowest BCUT2D eigenvalue weighted by Crippen LogP contribution is -2.33. The maximum absolute atomic E-state index is 11.4. The lowest BCUT2D eigenvalue weighted by atomic mass is 10.2. The standard InChI is InChI=1S/C19H20BrN7O2/c1-3-13-15(20)14-17(24-13)25-19(29-10-4-21-8-22-5-10)26-18(14)27-6-11-12(7-27)16(11)23-9(2)28/h4-5,8,11-12,16H,3,6-7H2,1-2H3,(H,23,28)(H,24,25,26). The molecule has 29 heavy (non-hydrogen) atoms. The Morgan fingerprint density at radius 3 is 2.69 bits per heavy atom. The van der Waals surface area contributed by atoms with Gasteiger partial charge in [0.1, 0.15) is 17.8 Å². The summed E-state index contributed by atoms with van der Waals surface area (Å²) >= 11 is 3.72. The molecule has 0 radical (unpaired) electrons. The van der Waals surface area contributed by atoms with E-state index in [0.29, 0.717) is 17.6 Å². The molecular weight excluding hydrogens is 438 g/mol. The van der Waals surface area contributed by atoms with Crippen molar-refractivity contribution in [1.29, 1.82) is 0 Å². The zero-order chi connectivity index (χ0) is 20.1. The minimum absolute atomic E-state index is 0.0297. The van der Waals surface area contributed by atoms with Crippen LogP contribution in [0.4, 0.5) is 5.82 Å². The summed E-state index contributed by atoms with van der Waals surface area (Å²) in [5, 5.41) is 4.00. The summed E-state index contributed by atoms with van der Waals surface area (Å²) < 4.78 is 6.80. The van der Waals surface area contributed by atoms with Gasteiger partial charge in [0.25, 0.3) is 0 Å². The monoisotopic (exact) mass is 457 g/mol. The van der Waals surface area contributed by atoms with Gasteiger partial charge >= 0.3 is 6.01 Å². The summed E-state index contributed by atoms with van der Waals surface area (Å²) in [5.41, 5.74) is 1.79. The summed E-state index contributed by atoms with van der Waals surface area (Å²) in [4.78, 5) is 34.2. The molecule has 9 nitrogen and oxygen atoms in total. The van der Waals surface area contributed by atoms with Gasteiger partial charge in [-0.25, -0.2) is 9.97 Å². The van der Waals surface area contributed by atoms with Crippen LogP contribution in [0.5, 0.6) is 11.8 Å². The number of H-pyrrole nitrogens is 1. The van der Waals surface area contributed by atoms with Crippen molar-refractivity contribution in [3.63, 3.8) is 0 Å². The zero-order valence-electron chi connectivity index (χ0n) is 16.0. The lowest BCUT2D eigenvalue weighted by molar-refractivity contribution is -0.119. The Labute approximate surface area is 175 Å². The molecule has 5 rings (SSSR count). The fourth-order valence-corrected chi connectivity index (χ4v) is 4.92. The Bertz CT molecular complexity index is 1080. The van der Waals surface area contributed by atoms with Crippen molar-refractivity contribution in [2.24, 2.45) is 11.8 Å². The molecule has 2 atom stereocenters. The summed E-state index contributed by atoms with van der Waals surface area (Å²) in [6.45, 7) is 5.34. The van der Waals surface area contributed by atoms with Crippen molar-refractivity contribution in [3.05, 3.63) is 28.9 Å². The van der Waals surface area contributed by atoms with Crippen LogP contribution in [0.1, 0.15) is 19.5 Å². The lowest BCUT2D eigenvalue weighted by Gasteiger charge is -2.22. The third kappa shape index (κ3) is 3.21. The second kappa shape index (κ2) is 6.94. The van der Waals surface area contributed by atoms with Crippen LogP contribution < -0.4 is 15.0 Å². The fourth-order valence-electron chi connectivity index (χ4n) is 4.18. The Morgan fingerprint density at radius 1 is 1.31 bits per heavy atom. The van der Waals surface area contributed by atoms with Gasteiger partial charge in [-0.15, -0.1) is 0 Å². The molecule has 1 saturated heterocycles. The normalized spacial score (nSPS) is 22.6. The molecular formula is C19H20BrN7O2. The molecule has 2 unspecified atom stereocenters. The second-order valence-corrected chi connectivity index (χ2v) is 8.25. The summed E-state index contributed by atoms with van der Waals surface area (Å²) in [7, 11) is 0. The van der Waals surface area contributed by atoms with Gasteiger partial charge in [-0.05, 0) is 22.4 Å². The summed E-state index contributed by atoms with van der Waals surface area (Å²) in [5.74, 6) is 2.26. The van der Waals surface area contributed by atoms with Gasteiger partial charge < -0.3 is 19.9 Å². The van der Waals surface area contributed by atoms with Crippen molar-refractivity contribution >= 4 is 38.7 Å². The average Bonchev–Trinajstić information content (AvgIpc) is 3.05. The molecule has 4 heterocycles. The van der Waals surface area contributed by atoms with E-state index in [0.717, 1.165) is 46.5 Å². The van der Waals surface area contributed by atoms with Gasteiger partial charge in [-0.1, -0.05) is 6.92 Å². The summed E-state index contributed by atoms with van der Waals surface area (Å²) in [6.07, 6.45) is 5.44. The van der Waals surface area contributed by atoms with Crippen LogP contribution in [0.25, 0.3) is 11.0 Å². The zero-order valence-corrected chi connectivity index (χ0v) is 17.6. The van der Waals surface area contributed by atoms with E-state index in [4.69, 9.17) is 9.72 Å². The van der Waals surface area contributed by atoms with E-state index in [9.17, 15) is 4.79 Å². The number of nitrogens with one attached hydrogen (secondary N) is 2. The number of fused-ring (bicyclic) bond motifs is 2. The van der Waals surface area contributed by atoms with Gasteiger partial charge in [0.05, 0.1) is 22.3 Å². The average molecular weight is 458 g/mol. The third-order valence-electron chi connectivity index (χ3n) is 5.59. The SMILES string of the molecule is CCc1[nH]c2nc(Oc3cncnc3)nc(N3CC4C(C3)C4NC(C)=O)c2c1Br. The first-order valence-electron chi connectivity index (χ1n) is 9.58. The van der Waals surface area contributed by atoms with E-state index in [1.54, 1.807) is 19.3 Å². The van der Waals surface area contributed by atoms with Crippen molar-refractivity contribution < 1.29 is 9.53 Å². The van der Waals surface area contributed by atoms with E-state index in [1.165, 1.54) is 6.33 Å². The van der Waals surface area contributed by atoms with E-state index in [-0.39, 0.29) is 18.0 Å². The molecule has 2 aliphatic rings. The number of amides is 1. The number of rotatable bonds is 5. The molecule has 1 amide bonds. The number of nitrogens with zero attached hydrogens (tertiary/aromatic N) is 5. The highest BCUT2D eigenvalue weighted by molar-refractivity contribution is 9.10. The Balaban J connectivity index is 1.50. The molecule has 0 spiro atoms. The molecule has 0 bridgehead atoms. The minimum atomic E-state index is 0.0297. The molecule has 3 aromatic heterocycles. The highest BCUT2D eigenvalue weighted by Crippen LogP contribution is 2.48. The van der Waals surface area contributed by atoms with Crippen LogP contribution in [0.2, 0.25) is 0 Å². The van der Waals surface area contributed by atoms with Gasteiger partial charge in [0.2, 0.25) is 5.91 Å². The predicted molar refractivity (Wildman–Crippen MR) is 110 cm³/mol. The molecule has 150 valence electrons. The summed E-state index contributed by atoms with van der Waals surface area (Å²) in [6, 6.07) is 0.525. The number of hydrogen-bond acceptors (Lipinski definition) is 7. The van der Waals surface area contributed by atoms with E-state index in [2.05, 4.69) is 53.0 Å². The van der Waals surface area contributed by atoms with Gasteiger partial charge in [0, 0.05) is 43.6 Å². The van der Waals surface area contributed by atoms with E-state index in [1.807, 2.05) is 0 Å². The van der Waals surface area contributed by atoms with Crippen molar-refractivity contribution in [2.75, 3.05) is 18.0 Å². The fraction of sp³-hybridized carbons (Fsp3) is 0.421. The number of ether oxygens (including phenoxy) is 1. The number of piperidine rings is 1. The highest BCUT2D eigenvalue weighted by atomic mass is 79.9. The first kappa shape index (κ1) is 18.3. The maximum atomic E-state index is 11.4. The molecule has 10 heteroatoms. The van der Waals surface area contributed by atoms with Crippen LogP contribution in [0.15, 0.2) is 23.2 Å².